The quantitative estimate of drug-likeness (QED) is 0.633. The van der Waals surface area contributed by atoms with Crippen LogP contribution in [0.5, 0.6) is 5.75 Å². The zero-order valence-corrected chi connectivity index (χ0v) is 15.7. The number of ether oxygens (including phenoxy) is 1. The molecule has 2 rings (SSSR count). The van der Waals surface area contributed by atoms with Gasteiger partial charge in [-0.3, -0.25) is 4.79 Å². The Morgan fingerprint density at radius 3 is 2.62 bits per heavy atom. The standard InChI is InChI=1S/C18H18Cl2O3S/c1-18(2,17(21)22)24-15-5-3-4-14(11-15)23-9-8-12-6-7-13(19)10-16(12)20/h3-7,10-11H,8-9H2,1-2H3,(H,21,22). The average molecular weight is 385 g/mol. The smallest absolute Gasteiger partial charge is 0.319 e. The second kappa shape index (κ2) is 8.15. The maximum atomic E-state index is 11.2. The van der Waals surface area contributed by atoms with Crippen LogP contribution in [0.15, 0.2) is 47.4 Å². The highest BCUT2D eigenvalue weighted by Crippen LogP contribution is 2.34. The second-order valence-electron chi connectivity index (χ2n) is 5.73. The Hall–Kier alpha value is -1.36. The van der Waals surface area contributed by atoms with Gasteiger partial charge >= 0.3 is 5.97 Å². The van der Waals surface area contributed by atoms with Crippen molar-refractivity contribution in [1.29, 1.82) is 0 Å². The summed E-state index contributed by atoms with van der Waals surface area (Å²) in [6, 6.07) is 12.8. The minimum absolute atomic E-state index is 0.470. The SMILES string of the molecule is CC(C)(Sc1cccc(OCCc2ccc(Cl)cc2Cl)c1)C(=O)O. The van der Waals surface area contributed by atoms with Crippen molar-refractivity contribution < 1.29 is 14.6 Å². The van der Waals surface area contributed by atoms with Gasteiger partial charge in [-0.2, -0.15) is 0 Å². The zero-order chi connectivity index (χ0) is 17.7. The van der Waals surface area contributed by atoms with Crippen LogP contribution in [0.4, 0.5) is 0 Å². The van der Waals surface area contributed by atoms with Crippen LogP contribution in [0.3, 0.4) is 0 Å². The summed E-state index contributed by atoms with van der Waals surface area (Å²) in [6.45, 7) is 3.82. The fourth-order valence-corrected chi connectivity index (χ4v) is 3.47. The molecule has 0 bridgehead atoms. The lowest BCUT2D eigenvalue weighted by Crippen LogP contribution is -2.26. The van der Waals surface area contributed by atoms with Crippen LogP contribution in [-0.2, 0) is 11.2 Å². The first-order valence-electron chi connectivity index (χ1n) is 7.37. The molecule has 0 saturated heterocycles. The molecule has 0 aliphatic heterocycles. The van der Waals surface area contributed by atoms with Gasteiger partial charge in [-0.05, 0) is 49.7 Å². The highest BCUT2D eigenvalue weighted by atomic mass is 35.5. The van der Waals surface area contributed by atoms with Crippen molar-refractivity contribution in [2.75, 3.05) is 6.61 Å². The topological polar surface area (TPSA) is 46.5 Å². The molecule has 6 heteroatoms. The molecule has 2 aromatic carbocycles. The molecule has 0 aliphatic rings. The van der Waals surface area contributed by atoms with Gasteiger partial charge in [0.25, 0.3) is 0 Å². The van der Waals surface area contributed by atoms with E-state index in [2.05, 4.69) is 0 Å². The monoisotopic (exact) mass is 384 g/mol. The molecular weight excluding hydrogens is 367 g/mol. The summed E-state index contributed by atoms with van der Waals surface area (Å²) in [7, 11) is 0. The van der Waals surface area contributed by atoms with Gasteiger partial charge in [0, 0.05) is 21.4 Å². The molecule has 0 spiro atoms. The molecule has 3 nitrogen and oxygen atoms in total. The molecule has 1 N–H and O–H groups in total. The van der Waals surface area contributed by atoms with Crippen LogP contribution >= 0.6 is 35.0 Å². The average Bonchev–Trinajstić information content (AvgIpc) is 2.49. The van der Waals surface area contributed by atoms with E-state index in [4.69, 9.17) is 27.9 Å². The Balaban J connectivity index is 1.96. The molecule has 0 radical (unpaired) electrons. The van der Waals surface area contributed by atoms with Gasteiger partial charge in [0.1, 0.15) is 10.5 Å². The maximum absolute atomic E-state index is 11.2. The number of halogens is 2. The number of aliphatic carboxylic acids is 1. The number of thioether (sulfide) groups is 1. The Bertz CT molecular complexity index is 732. The lowest BCUT2D eigenvalue weighted by Gasteiger charge is -2.18. The number of hydrogen-bond acceptors (Lipinski definition) is 3. The molecule has 0 fully saturated rings. The lowest BCUT2D eigenvalue weighted by atomic mass is 10.2. The first-order valence-corrected chi connectivity index (χ1v) is 8.94. The van der Waals surface area contributed by atoms with E-state index in [1.54, 1.807) is 26.0 Å². The second-order valence-corrected chi connectivity index (χ2v) is 8.27. The van der Waals surface area contributed by atoms with Crippen molar-refractivity contribution in [1.82, 2.24) is 0 Å². The van der Waals surface area contributed by atoms with E-state index in [1.165, 1.54) is 11.8 Å². The Morgan fingerprint density at radius 1 is 1.21 bits per heavy atom. The fraction of sp³-hybridized carbons (Fsp3) is 0.278. The predicted molar refractivity (Wildman–Crippen MR) is 99.7 cm³/mol. The Labute approximate surface area is 155 Å². The molecule has 0 heterocycles. The first-order chi connectivity index (χ1) is 11.3. The van der Waals surface area contributed by atoms with Crippen LogP contribution in [-0.4, -0.2) is 22.4 Å². The molecular formula is C18H18Cl2O3S. The van der Waals surface area contributed by atoms with Gasteiger partial charge in [-0.25, -0.2) is 0 Å². The zero-order valence-electron chi connectivity index (χ0n) is 13.4. The summed E-state index contributed by atoms with van der Waals surface area (Å²) in [5.74, 6) is -0.150. The molecule has 0 amide bonds. The number of hydrogen-bond donors (Lipinski definition) is 1. The normalized spacial score (nSPS) is 11.3. The Morgan fingerprint density at radius 2 is 1.96 bits per heavy atom. The van der Waals surface area contributed by atoms with E-state index in [9.17, 15) is 9.90 Å². The van der Waals surface area contributed by atoms with E-state index < -0.39 is 10.7 Å². The van der Waals surface area contributed by atoms with E-state index in [0.717, 1.165) is 10.5 Å². The van der Waals surface area contributed by atoms with Gasteiger partial charge in [0.05, 0.1) is 6.61 Å². The van der Waals surface area contributed by atoms with Crippen molar-refractivity contribution in [3.8, 4) is 5.75 Å². The minimum Gasteiger partial charge on any atom is -0.493 e. The fourth-order valence-electron chi connectivity index (χ4n) is 1.97. The predicted octanol–water partition coefficient (Wildman–Crippen LogP) is 5.57. The maximum Gasteiger partial charge on any atom is 0.319 e. The third-order valence-corrected chi connectivity index (χ3v) is 5.11. The molecule has 24 heavy (non-hydrogen) atoms. The molecule has 128 valence electrons. The van der Waals surface area contributed by atoms with Crippen LogP contribution in [0.2, 0.25) is 10.0 Å². The number of benzene rings is 2. The Kier molecular flexibility index (Phi) is 6.44. The summed E-state index contributed by atoms with van der Waals surface area (Å²) in [5.41, 5.74) is 0.971. The van der Waals surface area contributed by atoms with Crippen LogP contribution in [0.1, 0.15) is 19.4 Å². The number of carboxylic acids is 1. The largest absolute Gasteiger partial charge is 0.493 e. The molecule has 0 aromatic heterocycles. The van der Waals surface area contributed by atoms with Crippen LogP contribution in [0.25, 0.3) is 0 Å². The number of rotatable bonds is 7. The van der Waals surface area contributed by atoms with Gasteiger partial charge in [-0.15, -0.1) is 11.8 Å². The molecule has 0 unspecified atom stereocenters. The summed E-state index contributed by atoms with van der Waals surface area (Å²) < 4.78 is 4.87. The van der Waals surface area contributed by atoms with Gasteiger partial charge in [0.15, 0.2) is 0 Å². The summed E-state index contributed by atoms with van der Waals surface area (Å²) in [6.07, 6.45) is 0.661. The van der Waals surface area contributed by atoms with Crippen molar-refractivity contribution in [2.24, 2.45) is 0 Å². The van der Waals surface area contributed by atoms with E-state index in [0.29, 0.717) is 28.8 Å². The highest BCUT2D eigenvalue weighted by Gasteiger charge is 2.28. The number of carbonyl (C=O) groups is 1. The summed E-state index contributed by atoms with van der Waals surface area (Å²) >= 11 is 13.3. The third kappa shape index (κ3) is 5.33. The van der Waals surface area contributed by atoms with E-state index in [-0.39, 0.29) is 0 Å². The highest BCUT2D eigenvalue weighted by molar-refractivity contribution is 8.01. The minimum atomic E-state index is -0.893. The van der Waals surface area contributed by atoms with Crippen molar-refractivity contribution in [2.45, 2.75) is 29.9 Å². The van der Waals surface area contributed by atoms with E-state index >= 15 is 0 Å². The van der Waals surface area contributed by atoms with Crippen molar-refractivity contribution in [3.63, 3.8) is 0 Å². The van der Waals surface area contributed by atoms with Crippen LogP contribution in [0, 0.1) is 0 Å². The van der Waals surface area contributed by atoms with Crippen molar-refractivity contribution >= 4 is 40.9 Å². The van der Waals surface area contributed by atoms with Gasteiger partial charge < -0.3 is 9.84 Å². The van der Waals surface area contributed by atoms with Crippen molar-refractivity contribution in [3.05, 3.63) is 58.1 Å². The van der Waals surface area contributed by atoms with E-state index in [1.807, 2.05) is 30.3 Å². The first kappa shape index (κ1) is 19.0. The third-order valence-electron chi connectivity index (χ3n) is 3.35. The molecule has 0 aliphatic carbocycles. The molecule has 2 aromatic rings. The van der Waals surface area contributed by atoms with Gasteiger partial charge in [-0.1, -0.05) is 35.3 Å². The van der Waals surface area contributed by atoms with Crippen LogP contribution < -0.4 is 4.74 Å². The summed E-state index contributed by atoms with van der Waals surface area (Å²) in [4.78, 5) is 12.1. The van der Waals surface area contributed by atoms with Gasteiger partial charge in [0.2, 0.25) is 0 Å². The lowest BCUT2D eigenvalue weighted by molar-refractivity contribution is -0.138. The summed E-state index contributed by atoms with van der Waals surface area (Å²) in [5, 5.41) is 10.4. The molecule has 0 atom stereocenters. The number of carboxylic acid groups (broad SMARTS) is 1. The molecule has 0 saturated carbocycles.